The van der Waals surface area contributed by atoms with Gasteiger partial charge < -0.3 is 15.4 Å². The number of carbonyl (C=O) groups is 2. The van der Waals surface area contributed by atoms with Crippen molar-refractivity contribution in [1.82, 2.24) is 9.21 Å². The number of nitrogens with zero attached hydrogens (tertiary/aromatic N) is 2. The van der Waals surface area contributed by atoms with Crippen LogP contribution in [0.15, 0.2) is 53.4 Å². The lowest BCUT2D eigenvalue weighted by Gasteiger charge is -2.35. The molecule has 1 heterocycles. The second-order valence-electron chi connectivity index (χ2n) is 7.52. The van der Waals surface area contributed by atoms with Gasteiger partial charge in [0.2, 0.25) is 21.8 Å². The van der Waals surface area contributed by atoms with Crippen molar-refractivity contribution in [3.05, 3.63) is 59.7 Å². The van der Waals surface area contributed by atoms with E-state index in [9.17, 15) is 18.0 Å². The van der Waals surface area contributed by atoms with Crippen LogP contribution in [0.25, 0.3) is 0 Å². The first-order chi connectivity index (χ1) is 14.7. The number of sulfonamides is 1. The predicted octanol–water partition coefficient (Wildman–Crippen LogP) is 1.53. The molecule has 0 aromatic heterocycles. The minimum Gasteiger partial charge on any atom is -0.497 e. The second kappa shape index (κ2) is 9.49. The molecule has 3 rings (SSSR count). The van der Waals surface area contributed by atoms with Gasteiger partial charge in [-0.05, 0) is 41.8 Å². The molecule has 0 saturated carbocycles. The summed E-state index contributed by atoms with van der Waals surface area (Å²) in [5.41, 5.74) is 7.55. The molecule has 1 aliphatic heterocycles. The second-order valence-corrected chi connectivity index (χ2v) is 9.56. The number of nitrogens with two attached hydrogens (primary N) is 1. The van der Waals surface area contributed by atoms with Crippen LogP contribution < -0.4 is 10.5 Å². The molecule has 0 unspecified atom stereocenters. The number of amides is 2. The molecule has 2 aromatic carbocycles. The summed E-state index contributed by atoms with van der Waals surface area (Å²) in [7, 11) is -0.682. The van der Waals surface area contributed by atoms with Crippen LogP contribution in [0.5, 0.6) is 5.75 Å². The Hall–Kier alpha value is -2.91. The van der Waals surface area contributed by atoms with Gasteiger partial charge in [0.05, 0.1) is 12.0 Å². The summed E-state index contributed by atoms with van der Waals surface area (Å²) in [6, 6.07) is 13.1. The largest absolute Gasteiger partial charge is 0.497 e. The van der Waals surface area contributed by atoms with E-state index in [0.717, 1.165) is 11.1 Å². The van der Waals surface area contributed by atoms with Gasteiger partial charge in [-0.2, -0.15) is 0 Å². The lowest BCUT2D eigenvalue weighted by atomic mass is 9.93. The molecule has 2 aromatic rings. The highest BCUT2D eigenvalue weighted by molar-refractivity contribution is 7.89. The van der Waals surface area contributed by atoms with Crippen molar-refractivity contribution in [2.24, 2.45) is 5.73 Å². The van der Waals surface area contributed by atoms with Crippen molar-refractivity contribution in [1.29, 1.82) is 0 Å². The molecule has 0 fully saturated rings. The molecule has 0 bridgehead atoms. The zero-order chi connectivity index (χ0) is 22.6. The highest BCUT2D eigenvalue weighted by atomic mass is 32.2. The summed E-state index contributed by atoms with van der Waals surface area (Å²) in [6.07, 6.45) is 0.839. The summed E-state index contributed by atoms with van der Waals surface area (Å²) in [5.74, 6) is -0.185. The van der Waals surface area contributed by atoms with Crippen molar-refractivity contribution >= 4 is 21.8 Å². The molecule has 31 heavy (non-hydrogen) atoms. The van der Waals surface area contributed by atoms with Gasteiger partial charge in [0.15, 0.2) is 0 Å². The van der Waals surface area contributed by atoms with Gasteiger partial charge in [-0.25, -0.2) is 12.7 Å². The maximum atomic E-state index is 12.8. The number of carbonyl (C=O) groups excluding carboxylic acids is 2. The summed E-state index contributed by atoms with van der Waals surface area (Å²) >= 11 is 0. The number of methoxy groups -OCH3 is 1. The Bertz CT molecular complexity index is 1050. The lowest BCUT2D eigenvalue weighted by Crippen LogP contribution is -2.51. The van der Waals surface area contributed by atoms with Gasteiger partial charge >= 0.3 is 0 Å². The molecular formula is C22H27N3O5S. The number of benzene rings is 2. The van der Waals surface area contributed by atoms with E-state index in [2.05, 4.69) is 0 Å². The maximum Gasteiger partial charge on any atom is 0.242 e. The SMILES string of the molecule is COc1ccc(S(=O)(=O)N(C)CCCC(=O)N2Cc3ccccc3C[C@H]2C(N)=O)cc1. The van der Waals surface area contributed by atoms with Gasteiger partial charge in [-0.15, -0.1) is 0 Å². The molecular weight excluding hydrogens is 418 g/mol. The maximum absolute atomic E-state index is 12.8. The first-order valence-corrected chi connectivity index (χ1v) is 11.4. The molecule has 166 valence electrons. The fourth-order valence-electron chi connectivity index (χ4n) is 3.68. The third kappa shape index (κ3) is 5.05. The summed E-state index contributed by atoms with van der Waals surface area (Å²) < 4.78 is 31.7. The van der Waals surface area contributed by atoms with Gasteiger partial charge in [0, 0.05) is 33.0 Å². The number of rotatable bonds is 8. The molecule has 0 aliphatic carbocycles. The number of hydrogen-bond donors (Lipinski definition) is 1. The van der Waals surface area contributed by atoms with Crippen LogP contribution in [0.1, 0.15) is 24.0 Å². The van der Waals surface area contributed by atoms with Crippen LogP contribution in [0.3, 0.4) is 0 Å². The summed E-state index contributed by atoms with van der Waals surface area (Å²) in [4.78, 5) is 26.4. The third-order valence-electron chi connectivity index (χ3n) is 5.53. The Kier molecular flexibility index (Phi) is 6.97. The highest BCUT2D eigenvalue weighted by Crippen LogP contribution is 2.24. The predicted molar refractivity (Wildman–Crippen MR) is 116 cm³/mol. The monoisotopic (exact) mass is 445 g/mol. The molecule has 0 radical (unpaired) electrons. The first-order valence-electron chi connectivity index (χ1n) is 10.00. The Morgan fingerprint density at radius 2 is 1.77 bits per heavy atom. The minimum absolute atomic E-state index is 0.119. The zero-order valence-corrected chi connectivity index (χ0v) is 18.5. The van der Waals surface area contributed by atoms with Crippen LogP contribution in [0.2, 0.25) is 0 Å². The fourth-order valence-corrected chi connectivity index (χ4v) is 4.89. The quantitative estimate of drug-likeness (QED) is 0.663. The summed E-state index contributed by atoms with van der Waals surface area (Å²) in [5, 5.41) is 0. The number of ether oxygens (including phenoxy) is 1. The Morgan fingerprint density at radius 1 is 1.13 bits per heavy atom. The topological polar surface area (TPSA) is 110 Å². The van der Waals surface area contributed by atoms with Crippen molar-refractivity contribution < 1.29 is 22.7 Å². The highest BCUT2D eigenvalue weighted by Gasteiger charge is 2.33. The van der Waals surface area contributed by atoms with E-state index in [1.54, 1.807) is 12.1 Å². The van der Waals surface area contributed by atoms with Gasteiger partial charge in [-0.3, -0.25) is 9.59 Å². The van der Waals surface area contributed by atoms with E-state index in [1.807, 2.05) is 24.3 Å². The van der Waals surface area contributed by atoms with E-state index in [-0.39, 0.29) is 23.8 Å². The smallest absolute Gasteiger partial charge is 0.242 e. The zero-order valence-electron chi connectivity index (χ0n) is 17.7. The average Bonchev–Trinajstić information content (AvgIpc) is 2.77. The first kappa shape index (κ1) is 22.8. The molecule has 9 heteroatoms. The van der Waals surface area contributed by atoms with Crippen LogP contribution in [-0.2, 0) is 32.6 Å². The average molecular weight is 446 g/mol. The van der Waals surface area contributed by atoms with Crippen LogP contribution in [0.4, 0.5) is 0 Å². The molecule has 8 nitrogen and oxygen atoms in total. The van der Waals surface area contributed by atoms with Crippen LogP contribution in [0, 0.1) is 0 Å². The third-order valence-corrected chi connectivity index (χ3v) is 7.40. The Labute approximate surface area is 182 Å². The molecule has 2 amide bonds. The van der Waals surface area contributed by atoms with E-state index in [0.29, 0.717) is 25.1 Å². The number of hydrogen-bond acceptors (Lipinski definition) is 5. The molecule has 0 saturated heterocycles. The standard InChI is InChI=1S/C22H27N3O5S/c1-24(31(28,29)19-11-9-18(30-2)10-12-19)13-5-8-21(26)25-15-17-7-4-3-6-16(17)14-20(25)22(23)27/h3-4,6-7,9-12,20H,5,8,13-15H2,1-2H3,(H2,23,27)/t20-/m0/s1. The number of fused-ring (bicyclic) bond motifs is 1. The van der Waals surface area contributed by atoms with Crippen molar-refractivity contribution in [2.45, 2.75) is 36.7 Å². The normalized spacial score (nSPS) is 16.1. The van der Waals surface area contributed by atoms with Gasteiger partial charge in [-0.1, -0.05) is 24.3 Å². The van der Waals surface area contributed by atoms with E-state index in [1.165, 1.54) is 35.5 Å². The van der Waals surface area contributed by atoms with Crippen molar-refractivity contribution in [3.63, 3.8) is 0 Å². The number of primary amides is 1. The molecule has 1 atom stereocenters. The van der Waals surface area contributed by atoms with Gasteiger partial charge in [0.25, 0.3) is 0 Å². The summed E-state index contributed by atoms with van der Waals surface area (Å²) in [6.45, 7) is 0.494. The lowest BCUT2D eigenvalue weighted by molar-refractivity contribution is -0.140. The van der Waals surface area contributed by atoms with E-state index >= 15 is 0 Å². The Balaban J connectivity index is 1.61. The molecule has 0 spiro atoms. The minimum atomic E-state index is -3.67. The van der Waals surface area contributed by atoms with Crippen LogP contribution >= 0.6 is 0 Å². The molecule has 2 N–H and O–H groups in total. The molecule has 1 aliphatic rings. The van der Waals surface area contributed by atoms with E-state index in [4.69, 9.17) is 10.5 Å². The Morgan fingerprint density at radius 3 is 2.39 bits per heavy atom. The van der Waals surface area contributed by atoms with Crippen molar-refractivity contribution in [2.75, 3.05) is 20.7 Å². The van der Waals surface area contributed by atoms with Crippen molar-refractivity contribution in [3.8, 4) is 5.75 Å². The van der Waals surface area contributed by atoms with E-state index < -0.39 is 22.0 Å². The van der Waals surface area contributed by atoms with Crippen LogP contribution in [-0.4, -0.2) is 56.2 Å². The fraction of sp³-hybridized carbons (Fsp3) is 0.364. The van der Waals surface area contributed by atoms with Gasteiger partial charge in [0.1, 0.15) is 11.8 Å².